The molecule has 0 atom stereocenters. The zero-order chi connectivity index (χ0) is 23.6. The maximum absolute atomic E-state index is 12.8. The van der Waals surface area contributed by atoms with E-state index in [4.69, 9.17) is 4.42 Å². The number of hydrogen-bond acceptors (Lipinski definition) is 4. The summed E-state index contributed by atoms with van der Waals surface area (Å²) in [5.41, 5.74) is -3.88. The van der Waals surface area contributed by atoms with Gasteiger partial charge in [0.1, 0.15) is 17.2 Å². The van der Waals surface area contributed by atoms with Gasteiger partial charge in [-0.3, -0.25) is 4.72 Å². The molecule has 1 N–H and O–H groups in total. The summed E-state index contributed by atoms with van der Waals surface area (Å²) in [5, 5.41) is 0.756. The van der Waals surface area contributed by atoms with Crippen molar-refractivity contribution < 1.29 is 26.0 Å². The molecule has 174 valence electrons. The summed E-state index contributed by atoms with van der Waals surface area (Å²) in [6, 6.07) is 13.1. The molecule has 10 heteroatoms. The van der Waals surface area contributed by atoms with Crippen LogP contribution in [0.25, 0.3) is 22.3 Å². The highest BCUT2D eigenvalue weighted by Gasteiger charge is 2.46. The van der Waals surface area contributed by atoms with Crippen molar-refractivity contribution in [2.45, 2.75) is 38.2 Å². The summed E-state index contributed by atoms with van der Waals surface area (Å²) in [5.74, 6) is 1.27. The highest BCUT2D eigenvalue weighted by molar-refractivity contribution is 7.93. The van der Waals surface area contributed by atoms with E-state index in [1.165, 1.54) is 18.2 Å². The van der Waals surface area contributed by atoms with E-state index in [9.17, 15) is 21.6 Å². The van der Waals surface area contributed by atoms with E-state index < -0.39 is 15.5 Å². The van der Waals surface area contributed by atoms with Crippen LogP contribution in [0.1, 0.15) is 31.2 Å². The van der Waals surface area contributed by atoms with E-state index in [1.807, 2.05) is 18.3 Å². The average molecular weight is 478 g/mol. The van der Waals surface area contributed by atoms with Crippen molar-refractivity contribution in [3.63, 3.8) is 0 Å². The van der Waals surface area contributed by atoms with Crippen LogP contribution in [-0.2, 0) is 23.0 Å². The van der Waals surface area contributed by atoms with Gasteiger partial charge in [0.15, 0.2) is 0 Å². The quantitative estimate of drug-likeness (QED) is 0.340. The number of imidazole rings is 1. The number of aryl methyl sites for hydroxylation is 1. The van der Waals surface area contributed by atoms with Gasteiger partial charge in [-0.25, -0.2) is 4.98 Å². The predicted molar refractivity (Wildman–Crippen MR) is 120 cm³/mol. The molecule has 4 aromatic rings. The van der Waals surface area contributed by atoms with Crippen LogP contribution < -0.4 is 4.72 Å². The van der Waals surface area contributed by atoms with Crippen LogP contribution >= 0.6 is 0 Å². The summed E-state index contributed by atoms with van der Waals surface area (Å²) in [6.07, 6.45) is 6.74. The fourth-order valence-electron chi connectivity index (χ4n) is 3.56. The molecule has 0 fully saturated rings. The van der Waals surface area contributed by atoms with E-state index in [1.54, 1.807) is 29.1 Å². The van der Waals surface area contributed by atoms with Crippen molar-refractivity contribution in [1.82, 2.24) is 9.55 Å². The van der Waals surface area contributed by atoms with Crippen molar-refractivity contribution >= 4 is 26.7 Å². The number of para-hydroxylation sites is 1. The summed E-state index contributed by atoms with van der Waals surface area (Å²) in [6.45, 7) is 2.75. The van der Waals surface area contributed by atoms with Crippen LogP contribution in [0.5, 0.6) is 0 Å². The number of anilines is 1. The van der Waals surface area contributed by atoms with Gasteiger partial charge in [0.2, 0.25) is 0 Å². The molecule has 0 aliphatic heterocycles. The van der Waals surface area contributed by atoms with Gasteiger partial charge >= 0.3 is 15.5 Å². The van der Waals surface area contributed by atoms with Crippen molar-refractivity contribution in [2.24, 2.45) is 0 Å². The van der Waals surface area contributed by atoms with Gasteiger partial charge in [-0.2, -0.15) is 21.6 Å². The number of furan rings is 1. The van der Waals surface area contributed by atoms with E-state index in [2.05, 4.69) is 16.5 Å². The molecule has 4 rings (SSSR count). The zero-order valence-corrected chi connectivity index (χ0v) is 18.6. The molecule has 0 saturated carbocycles. The Morgan fingerprint density at radius 2 is 1.91 bits per heavy atom. The third kappa shape index (κ3) is 4.90. The Bertz CT molecular complexity index is 1370. The number of unbranched alkanes of at least 4 members (excludes halogenated alkanes) is 1. The second-order valence-electron chi connectivity index (χ2n) is 7.65. The lowest BCUT2D eigenvalue weighted by Gasteiger charge is -2.12. The Morgan fingerprint density at radius 1 is 1.12 bits per heavy atom. The number of alkyl halides is 3. The van der Waals surface area contributed by atoms with Gasteiger partial charge < -0.3 is 8.98 Å². The minimum Gasteiger partial charge on any atom is -0.456 e. The molecule has 33 heavy (non-hydrogen) atoms. The Morgan fingerprint density at radius 3 is 2.67 bits per heavy atom. The van der Waals surface area contributed by atoms with Crippen molar-refractivity contribution in [1.29, 1.82) is 0 Å². The molecule has 0 bridgehead atoms. The number of nitrogens with zero attached hydrogens (tertiary/aromatic N) is 2. The van der Waals surface area contributed by atoms with Gasteiger partial charge in [0.25, 0.3) is 0 Å². The van der Waals surface area contributed by atoms with E-state index in [0.717, 1.165) is 36.0 Å². The van der Waals surface area contributed by atoms with Crippen molar-refractivity contribution in [2.75, 3.05) is 4.72 Å². The summed E-state index contributed by atoms with van der Waals surface area (Å²) in [7, 11) is -5.56. The van der Waals surface area contributed by atoms with Crippen LogP contribution in [0.4, 0.5) is 18.9 Å². The van der Waals surface area contributed by atoms with Gasteiger partial charge in [0, 0.05) is 36.3 Å². The normalized spacial score (nSPS) is 12.4. The van der Waals surface area contributed by atoms with Gasteiger partial charge in [0.05, 0.1) is 5.69 Å². The molecule has 2 heterocycles. The van der Waals surface area contributed by atoms with Crippen molar-refractivity contribution in [3.05, 3.63) is 72.3 Å². The molecule has 0 unspecified atom stereocenters. The second-order valence-corrected chi connectivity index (χ2v) is 9.33. The van der Waals surface area contributed by atoms with E-state index in [0.29, 0.717) is 12.1 Å². The van der Waals surface area contributed by atoms with Crippen LogP contribution in [0.15, 0.2) is 65.3 Å². The Kier molecular flexibility index (Phi) is 6.20. The first-order valence-electron chi connectivity index (χ1n) is 10.4. The lowest BCUT2D eigenvalue weighted by molar-refractivity contribution is -0.0429. The summed E-state index contributed by atoms with van der Waals surface area (Å²) in [4.78, 5) is 4.42. The highest BCUT2D eigenvalue weighted by atomic mass is 32.2. The van der Waals surface area contributed by atoms with E-state index in [-0.39, 0.29) is 17.0 Å². The monoisotopic (exact) mass is 477 g/mol. The molecule has 0 aliphatic carbocycles. The second kappa shape index (κ2) is 8.93. The minimum absolute atomic E-state index is 0.208. The number of rotatable bonds is 8. The molecule has 0 saturated heterocycles. The largest absolute Gasteiger partial charge is 0.516 e. The van der Waals surface area contributed by atoms with Crippen LogP contribution in [0.2, 0.25) is 0 Å². The molecule has 0 aliphatic rings. The van der Waals surface area contributed by atoms with Crippen LogP contribution in [0, 0.1) is 0 Å². The van der Waals surface area contributed by atoms with Gasteiger partial charge in [-0.1, -0.05) is 31.5 Å². The first kappa shape index (κ1) is 22.9. The molecule has 0 amide bonds. The molecular weight excluding hydrogens is 455 g/mol. The first-order chi connectivity index (χ1) is 15.7. The summed E-state index contributed by atoms with van der Waals surface area (Å²) >= 11 is 0. The minimum atomic E-state index is -5.56. The van der Waals surface area contributed by atoms with E-state index >= 15 is 0 Å². The summed E-state index contributed by atoms with van der Waals surface area (Å²) < 4.78 is 71.2. The molecule has 2 aromatic carbocycles. The molecule has 0 radical (unpaired) electrons. The lowest BCUT2D eigenvalue weighted by Crippen LogP contribution is -2.30. The Hall–Kier alpha value is -3.27. The first-order valence-corrected chi connectivity index (χ1v) is 11.9. The average Bonchev–Trinajstić information content (AvgIpc) is 3.38. The maximum atomic E-state index is 12.8. The number of nitrogens with one attached hydrogen (secondary N) is 1. The molecule has 6 nitrogen and oxygen atoms in total. The van der Waals surface area contributed by atoms with Gasteiger partial charge in [-0.15, -0.1) is 0 Å². The zero-order valence-electron chi connectivity index (χ0n) is 17.8. The number of aromatic nitrogens is 2. The molecular formula is C23H22F3N3O3S. The van der Waals surface area contributed by atoms with Crippen LogP contribution in [0.3, 0.4) is 0 Å². The topological polar surface area (TPSA) is 77.1 Å². The number of sulfonamides is 1. The Labute approximate surface area is 189 Å². The highest BCUT2D eigenvalue weighted by Crippen LogP contribution is 2.35. The fourth-order valence-corrected chi connectivity index (χ4v) is 4.14. The lowest BCUT2D eigenvalue weighted by atomic mass is 10.1. The number of fused-ring (bicyclic) bond motifs is 1. The molecule has 2 aromatic heterocycles. The number of halogens is 3. The van der Waals surface area contributed by atoms with Gasteiger partial charge in [-0.05, 0) is 42.3 Å². The molecule has 0 spiro atoms. The number of benzene rings is 2. The third-order valence-corrected chi connectivity index (χ3v) is 6.33. The fraction of sp³-hybridized carbons (Fsp3) is 0.261. The third-order valence-electron chi connectivity index (χ3n) is 5.23. The van der Waals surface area contributed by atoms with Crippen molar-refractivity contribution in [3.8, 4) is 11.3 Å². The maximum Gasteiger partial charge on any atom is 0.516 e. The number of hydrogen-bond donors (Lipinski definition) is 1. The predicted octanol–water partition coefficient (Wildman–Crippen LogP) is 5.95. The van der Waals surface area contributed by atoms with Crippen LogP contribution in [-0.4, -0.2) is 23.5 Å². The Balaban J connectivity index is 1.64. The SMILES string of the molecule is CCCCc1nccn1Cc1ccc2oc(-c3ccccc3NS(=O)(=O)C(F)(F)F)cc2c1. The standard InChI is InChI=1S/C23H22F3N3O3S/c1-2-3-8-22-27-11-12-29(22)15-16-9-10-20-17(13-16)14-21(32-20)18-6-4-5-7-19(18)28-33(30,31)23(24,25)26/h4-7,9-14,28H,2-3,8,15H2,1H3. The smallest absolute Gasteiger partial charge is 0.456 e.